The van der Waals surface area contributed by atoms with Gasteiger partial charge in [0.05, 0.1) is 31.2 Å². The van der Waals surface area contributed by atoms with Crippen LogP contribution in [0.5, 0.6) is 5.75 Å². The summed E-state index contributed by atoms with van der Waals surface area (Å²) in [7, 11) is 0. The third-order valence-corrected chi connectivity index (χ3v) is 15.2. The van der Waals surface area contributed by atoms with E-state index in [1.54, 1.807) is 65.1 Å². The molecule has 4 heterocycles. The molecule has 2 saturated heterocycles. The van der Waals surface area contributed by atoms with Crippen LogP contribution < -0.4 is 65.3 Å². The fraction of sp³-hybridized carbons (Fsp3) is 0.517. The Morgan fingerprint density at radius 3 is 2.00 bits per heavy atom. The number of hydrogen-bond acceptors (Lipinski definition) is 16. The molecule has 0 aliphatic carbocycles. The fourth-order valence-electron chi connectivity index (χ4n) is 10.5. The molecule has 0 spiro atoms. The highest BCUT2D eigenvalue weighted by atomic mass is 16.5. The predicted octanol–water partition coefficient (Wildman–Crippen LogP) is -2.02. The standard InChI is InChI=1S/C60H85N17O14/c1-32(2)22-41(48(80)25-34(10-8-20-65-58(61)62)57(89)77-21-9-13-47(77)56(88)75-76-59(63)90)69-55(87)46(30-91-60(3,4)5)74-51(83)42(23-33-14-16-37(79)17-15-33)70-54(86)45(29-78)73-52(84)43(24-35-27-66-39-12-7-6-11-38(35)39)71-53(85)44(26-36-28-64-31-67-36)72-50(82)40-18-19-49(81)68-40/h6-7,11-12,14-17,27-28,31-32,34,40-47,66,78-79H,8-10,13,18-26,29-30H2,1-5H3,(H,64,67)(H,68,81)(H,69,87)(H,70,86)(H,71,85)(H,72,82)(H,73,84)(H,74,83)(H,75,88)(H4,61,62,65)(H3,63,76,90)/t34-,40+,41+,42+,43+,44+,45+,46-,47+/m1/s1. The van der Waals surface area contributed by atoms with Crippen molar-refractivity contribution >= 4 is 81.8 Å². The van der Waals surface area contributed by atoms with Crippen LogP contribution >= 0.6 is 0 Å². The number of aromatic amines is 2. The van der Waals surface area contributed by atoms with Crippen LogP contribution in [0.2, 0.25) is 0 Å². The first-order valence-electron chi connectivity index (χ1n) is 30.1. The smallest absolute Gasteiger partial charge is 0.330 e. The van der Waals surface area contributed by atoms with Gasteiger partial charge >= 0.3 is 6.03 Å². The van der Waals surface area contributed by atoms with Crippen molar-refractivity contribution in [3.05, 3.63) is 84.1 Å². The number of aromatic nitrogens is 3. The number of carbonyl (C=O) groups excluding carboxylic acids is 11. The van der Waals surface area contributed by atoms with Gasteiger partial charge in [0.2, 0.25) is 47.3 Å². The van der Waals surface area contributed by atoms with Crippen LogP contribution in [0.3, 0.4) is 0 Å². The number of para-hydroxylation sites is 1. The Morgan fingerprint density at radius 2 is 1.38 bits per heavy atom. The molecule has 0 unspecified atom stereocenters. The molecule has 91 heavy (non-hydrogen) atoms. The van der Waals surface area contributed by atoms with E-state index in [-0.39, 0.29) is 94.4 Å². The minimum atomic E-state index is -1.79. The number of fused-ring (bicyclic) bond motifs is 1. The van der Waals surface area contributed by atoms with Gasteiger partial charge in [-0.05, 0) is 94.5 Å². The lowest BCUT2D eigenvalue weighted by Crippen LogP contribution is -2.61. The summed E-state index contributed by atoms with van der Waals surface area (Å²) in [5.74, 6) is -9.09. The Hall–Kier alpha value is -9.65. The topological polar surface area (TPSA) is 484 Å². The molecule has 2 aliphatic heterocycles. The van der Waals surface area contributed by atoms with Crippen molar-refractivity contribution in [2.24, 2.45) is 34.0 Å². The van der Waals surface area contributed by atoms with E-state index in [0.29, 0.717) is 34.1 Å². The van der Waals surface area contributed by atoms with E-state index in [2.05, 4.69) is 62.6 Å². The van der Waals surface area contributed by atoms with Gasteiger partial charge in [0, 0.05) is 80.1 Å². The lowest BCUT2D eigenvalue weighted by atomic mass is 9.89. The molecule has 19 N–H and O–H groups in total. The number of likely N-dealkylation sites (tertiary alicyclic amines) is 1. The van der Waals surface area contributed by atoms with Crippen LogP contribution in [0.1, 0.15) is 103 Å². The van der Waals surface area contributed by atoms with Crippen LogP contribution in [-0.2, 0) is 71.9 Å². The Kier molecular flexibility index (Phi) is 25.7. The van der Waals surface area contributed by atoms with Crippen LogP contribution in [0.25, 0.3) is 10.9 Å². The second kappa shape index (κ2) is 33.3. The molecule has 31 heteroatoms. The number of hydrazine groups is 1. The van der Waals surface area contributed by atoms with E-state index in [9.17, 15) is 63.0 Å². The number of ketones is 1. The number of aromatic hydroxyl groups is 1. The number of aliphatic hydroxyl groups excluding tert-OH is 1. The zero-order chi connectivity index (χ0) is 66.5. The van der Waals surface area contributed by atoms with E-state index >= 15 is 0 Å². The summed E-state index contributed by atoms with van der Waals surface area (Å²) in [6, 6.07) is 0.828. The van der Waals surface area contributed by atoms with Gasteiger partial charge in [-0.1, -0.05) is 44.2 Å². The predicted molar refractivity (Wildman–Crippen MR) is 330 cm³/mol. The molecule has 2 fully saturated rings. The number of H-pyrrole nitrogens is 2. The molecule has 0 saturated carbocycles. The number of nitrogens with zero attached hydrogens (tertiary/aromatic N) is 3. The Labute approximate surface area is 525 Å². The lowest BCUT2D eigenvalue weighted by Gasteiger charge is -2.30. The average molecular weight is 1270 g/mol. The number of primary amides is 1. The van der Waals surface area contributed by atoms with Crippen molar-refractivity contribution in [3.8, 4) is 5.75 Å². The van der Waals surface area contributed by atoms with Crippen molar-refractivity contribution in [1.29, 1.82) is 0 Å². The third-order valence-electron chi connectivity index (χ3n) is 15.2. The number of ether oxygens (including phenoxy) is 1. The van der Waals surface area contributed by atoms with Crippen molar-refractivity contribution in [2.75, 3.05) is 26.3 Å². The maximum atomic E-state index is 14.8. The van der Waals surface area contributed by atoms with Gasteiger partial charge in [0.1, 0.15) is 48.0 Å². The number of nitrogens with one attached hydrogen (secondary N) is 11. The van der Waals surface area contributed by atoms with Gasteiger partial charge < -0.3 is 84.2 Å². The number of urea groups is 1. The van der Waals surface area contributed by atoms with E-state index in [1.165, 1.54) is 41.7 Å². The third kappa shape index (κ3) is 21.8. The second-order valence-electron chi connectivity index (χ2n) is 24.0. The monoisotopic (exact) mass is 1270 g/mol. The zero-order valence-corrected chi connectivity index (χ0v) is 51.6. The summed E-state index contributed by atoms with van der Waals surface area (Å²) in [6.07, 6.45) is 4.82. The Morgan fingerprint density at radius 1 is 0.758 bits per heavy atom. The molecule has 2 aromatic carbocycles. The molecule has 4 aromatic rings. The molecule has 0 bridgehead atoms. The van der Waals surface area contributed by atoms with Gasteiger partial charge in [0.25, 0.3) is 5.91 Å². The number of carbonyl (C=O) groups is 11. The molecular formula is C60H85N17O14. The summed E-state index contributed by atoms with van der Waals surface area (Å²) >= 11 is 0. The molecule has 2 aliphatic rings. The van der Waals surface area contributed by atoms with Crippen molar-refractivity contribution in [2.45, 2.75) is 159 Å². The zero-order valence-electron chi connectivity index (χ0n) is 51.6. The molecule has 494 valence electrons. The molecular weight excluding hydrogens is 1180 g/mol. The number of aliphatic imine (C=N–C) groups is 1. The number of rotatable bonds is 32. The van der Waals surface area contributed by atoms with Gasteiger partial charge in [-0.2, -0.15) is 0 Å². The largest absolute Gasteiger partial charge is 0.508 e. The maximum absolute atomic E-state index is 14.8. The SMILES string of the molecule is CC(C)C[C@H](NC(=O)[C@@H](COC(C)(C)C)NC(=O)[C@H](Cc1ccc(O)cc1)NC(=O)[C@H](CO)NC(=O)[C@H](Cc1c[nH]c2ccccc12)NC(=O)[C@H](Cc1cnc[nH]1)NC(=O)[C@@H]1CCC(=O)N1)C(=O)C[C@@H](CCCN=C(N)N)C(=O)N1CCC[C@H]1C(=O)NNC(N)=O. The Bertz CT molecular complexity index is 3230. The van der Waals surface area contributed by atoms with Gasteiger partial charge in [-0.15, -0.1) is 0 Å². The first kappa shape index (κ1) is 70.4. The first-order chi connectivity index (χ1) is 43.2. The quantitative estimate of drug-likeness (QED) is 0.0109. The highest BCUT2D eigenvalue weighted by Gasteiger charge is 2.40. The lowest BCUT2D eigenvalue weighted by molar-refractivity contribution is -0.143. The summed E-state index contributed by atoms with van der Waals surface area (Å²) in [5.41, 5.74) is 21.7. The number of phenols is 1. The fourth-order valence-corrected chi connectivity index (χ4v) is 10.5. The molecule has 11 amide bonds. The minimum Gasteiger partial charge on any atom is -0.508 e. The summed E-state index contributed by atoms with van der Waals surface area (Å²) in [6.45, 7) is 7.47. The summed E-state index contributed by atoms with van der Waals surface area (Å²) in [4.78, 5) is 167. The molecule has 0 radical (unpaired) electrons. The van der Waals surface area contributed by atoms with Crippen LogP contribution in [0.4, 0.5) is 4.79 Å². The van der Waals surface area contributed by atoms with Gasteiger partial charge in [-0.3, -0.25) is 58.4 Å². The van der Waals surface area contributed by atoms with E-state index in [4.69, 9.17) is 21.9 Å². The first-order valence-corrected chi connectivity index (χ1v) is 30.1. The van der Waals surface area contributed by atoms with Crippen molar-refractivity contribution in [1.82, 2.24) is 67.9 Å². The number of Topliss-reactive ketones (excluding diaryl/α,β-unsaturated/α-hetero) is 1. The molecule has 9 atom stereocenters. The number of amides is 11. The highest BCUT2D eigenvalue weighted by molar-refractivity contribution is 5.99. The van der Waals surface area contributed by atoms with E-state index in [0.717, 1.165) is 0 Å². The van der Waals surface area contributed by atoms with E-state index in [1.807, 2.05) is 5.43 Å². The number of phenolic OH excluding ortho intramolecular Hbond substituents is 1. The number of hydrogen-bond donors (Lipinski definition) is 16. The van der Waals surface area contributed by atoms with Gasteiger partial charge in [-0.25, -0.2) is 15.2 Å². The molecule has 6 rings (SSSR count). The maximum Gasteiger partial charge on any atom is 0.330 e. The van der Waals surface area contributed by atoms with Gasteiger partial charge in [0.15, 0.2) is 11.7 Å². The number of imidazole rings is 1. The van der Waals surface area contributed by atoms with Crippen LogP contribution in [0.15, 0.2) is 72.2 Å². The highest BCUT2D eigenvalue weighted by Crippen LogP contribution is 2.26. The minimum absolute atomic E-state index is 0.0670. The number of guanidine groups is 1. The van der Waals surface area contributed by atoms with E-state index < -0.39 is 139 Å². The summed E-state index contributed by atoms with van der Waals surface area (Å²) < 4.78 is 6.04. The van der Waals surface area contributed by atoms with Crippen molar-refractivity contribution < 1.29 is 67.7 Å². The molecule has 2 aromatic heterocycles. The number of nitrogens with two attached hydrogens (primary N) is 3. The van der Waals surface area contributed by atoms with Crippen molar-refractivity contribution in [3.63, 3.8) is 0 Å². The second-order valence-corrected chi connectivity index (χ2v) is 24.0. The van der Waals surface area contributed by atoms with Crippen LogP contribution in [0, 0.1) is 11.8 Å². The average Bonchev–Trinajstić information content (AvgIpc) is 1.85. The number of benzene rings is 2. The Balaban J connectivity index is 1.24. The number of aliphatic hydroxyl groups is 1. The molecule has 31 nitrogen and oxygen atoms in total. The normalized spacial score (nSPS) is 17.0. The summed E-state index contributed by atoms with van der Waals surface area (Å²) in [5, 5.41) is 40.1. The van der Waals surface area contributed by atoms with Crippen LogP contribution in [-0.4, -0.2) is 181 Å².